The van der Waals surface area contributed by atoms with E-state index in [-0.39, 0.29) is 32.3 Å². The summed E-state index contributed by atoms with van der Waals surface area (Å²) in [5, 5.41) is 46.4. The average Bonchev–Trinajstić information content (AvgIpc) is 1.54. The highest BCUT2D eigenvalue weighted by atomic mass is 79.9. The number of hydrogen-bond donors (Lipinski definition) is 3. The van der Waals surface area contributed by atoms with Gasteiger partial charge >= 0.3 is 7.12 Å². The number of nitro groups is 1. The molecule has 0 fully saturated rings. The molecule has 0 saturated carbocycles. The standard InChI is InChI=1S/C27H20N2O2.C21H18BNO2.C21H16BrN.C21H17N.C18H12BrN.C12H9N/c1-27(2)21-11-5-8-14-25(21)28-23-12-6-4-10-19(23)20-15-17(16-22(27)26(20)28)18-9-3-7-13-24(18)29(30)31;1-21(2)16-8-4-6-10-19(16)23-18-9-5-3-7-14(18)15-11-13(22(24)25)12-17(21)20(15)23;1-21(2)16-8-4-6-10-19(16)23-18-9-5-3-7-14(18)15-11-13(22)12-17(21)20(15)23;1-21(2)16-10-4-6-13-19(16)22-18-12-5-3-8-14(18)15-9-7-11-17(21)20(15)22;19-15-9-3-6-12-18(15)20-16-10-4-1-7-13(16)14-8-2-5-11-17(14)20;1-3-7-11-9(5-1)10-6-2-4-8-12(10)13-11/h3-16H,1-2H3;3-12,24-25H,1-2H3;3-12H,1-2H3;3-13H,1-2H3;1-12H;1-8,13H. The highest BCUT2D eigenvalue weighted by Gasteiger charge is 2.41. The van der Waals surface area contributed by atoms with Gasteiger partial charge in [0.05, 0.1) is 94.1 Å². The zero-order chi connectivity index (χ0) is 91.5. The molecule has 4 aliphatic rings. The second-order valence-corrected chi connectivity index (χ2v) is 39.4. The van der Waals surface area contributed by atoms with E-state index in [4.69, 9.17) is 0 Å². The molecule has 134 heavy (non-hydrogen) atoms. The van der Waals surface area contributed by atoms with Crippen LogP contribution in [-0.2, 0) is 21.7 Å². The van der Waals surface area contributed by atoms with Crippen molar-refractivity contribution in [2.75, 3.05) is 0 Å². The first-order valence-corrected chi connectivity index (χ1v) is 47.3. The number of nitrogens with zero attached hydrogens (tertiary/aromatic N) is 6. The van der Waals surface area contributed by atoms with Crippen molar-refractivity contribution in [3.8, 4) is 39.6 Å². The quantitative estimate of drug-likeness (QED) is 0.0922. The van der Waals surface area contributed by atoms with E-state index in [1.54, 1.807) is 12.1 Å². The number of para-hydroxylation sites is 15. The first-order chi connectivity index (χ1) is 65.1. The monoisotopic (exact) mass is 1860 g/mol. The third kappa shape index (κ3) is 13.0. The van der Waals surface area contributed by atoms with Crippen molar-refractivity contribution >= 4 is 181 Å². The van der Waals surface area contributed by atoms with E-state index >= 15 is 0 Å². The van der Waals surface area contributed by atoms with Crippen molar-refractivity contribution in [1.29, 1.82) is 0 Å². The van der Waals surface area contributed by atoms with E-state index in [1.807, 2.05) is 36.4 Å². The van der Waals surface area contributed by atoms with Gasteiger partial charge in [0.15, 0.2) is 0 Å². The molecule has 10 heterocycles. The van der Waals surface area contributed by atoms with Gasteiger partial charge in [-0.15, -0.1) is 0 Å². The summed E-state index contributed by atoms with van der Waals surface area (Å²) in [6, 6.07) is 137. The maximum absolute atomic E-state index is 11.7. The Morgan fingerprint density at radius 3 is 1.00 bits per heavy atom. The van der Waals surface area contributed by atoms with Crippen molar-refractivity contribution in [3.63, 3.8) is 0 Å². The van der Waals surface area contributed by atoms with Gasteiger partial charge in [-0.2, -0.15) is 0 Å². The van der Waals surface area contributed by atoms with Gasteiger partial charge in [-0.1, -0.05) is 344 Å². The van der Waals surface area contributed by atoms with E-state index in [9.17, 15) is 20.2 Å². The lowest BCUT2D eigenvalue weighted by Crippen LogP contribution is -2.33. The molecule has 3 N–H and O–H groups in total. The van der Waals surface area contributed by atoms with Gasteiger partial charge in [0.2, 0.25) is 0 Å². The van der Waals surface area contributed by atoms with E-state index in [2.05, 4.69) is 461 Å². The van der Waals surface area contributed by atoms with E-state index in [1.165, 1.54) is 160 Å². The molecule has 6 aromatic heterocycles. The fourth-order valence-electron chi connectivity index (χ4n) is 22.4. The molecule has 24 aromatic rings. The summed E-state index contributed by atoms with van der Waals surface area (Å²) in [6.07, 6.45) is 0. The van der Waals surface area contributed by atoms with Crippen LogP contribution in [0.25, 0.3) is 170 Å². The summed E-state index contributed by atoms with van der Waals surface area (Å²) < 4.78 is 14.1. The van der Waals surface area contributed by atoms with Gasteiger partial charge in [-0.3, -0.25) is 10.1 Å². The SMILES string of the molecule is Brc1ccccc1-n1c2ccccc2c2ccccc21.CC1(C)c2ccccc2-n2c3ccccc3c3cc(-c4ccccc4[N+](=O)[O-])cc1c32.CC1(C)c2ccccc2-n2c3ccccc3c3cc(B(O)O)cc1c32.CC1(C)c2ccccc2-n2c3ccccc3c3cc(Br)cc1c32.CC1(C)c2ccccc2-n2c3ccccc3c3cccc1c32.c1ccc2c(c1)[nH]c1ccccc12. The van der Waals surface area contributed by atoms with Gasteiger partial charge in [0, 0.05) is 112 Å². The maximum atomic E-state index is 11.7. The Balaban J connectivity index is 0.0000000921. The lowest BCUT2D eigenvalue weighted by molar-refractivity contribution is -0.384. The van der Waals surface area contributed by atoms with Crippen LogP contribution < -0.4 is 5.46 Å². The fourth-order valence-corrected chi connectivity index (χ4v) is 23.3. The van der Waals surface area contributed by atoms with Crippen molar-refractivity contribution in [3.05, 3.63) is 458 Å². The van der Waals surface area contributed by atoms with E-state index in [0.29, 0.717) is 11.0 Å². The molecule has 18 aromatic carbocycles. The van der Waals surface area contributed by atoms with Crippen LogP contribution in [0.4, 0.5) is 5.69 Å². The van der Waals surface area contributed by atoms with Gasteiger partial charge < -0.3 is 37.9 Å². The number of halogens is 2. The first-order valence-electron chi connectivity index (χ1n) is 45.7. The molecule has 0 amide bonds. The van der Waals surface area contributed by atoms with Crippen LogP contribution in [0.5, 0.6) is 0 Å². The summed E-state index contributed by atoms with van der Waals surface area (Å²) in [6.45, 7) is 18.2. The molecular formula is C120H92BBr2N7O4. The minimum absolute atomic E-state index is 0.0109. The summed E-state index contributed by atoms with van der Waals surface area (Å²) in [5.74, 6) is 0. The summed E-state index contributed by atoms with van der Waals surface area (Å²) in [5.41, 5.74) is 33.2. The number of nitro benzene ring substituents is 1. The number of fused-ring (bicyclic) bond motifs is 26. The molecule has 0 saturated heterocycles. The van der Waals surface area contributed by atoms with Crippen LogP contribution in [-0.4, -0.2) is 49.9 Å². The smallest absolute Gasteiger partial charge is 0.423 e. The van der Waals surface area contributed by atoms with Crippen LogP contribution in [0.1, 0.15) is 99.9 Å². The predicted octanol–water partition coefficient (Wildman–Crippen LogP) is 30.6. The summed E-state index contributed by atoms with van der Waals surface area (Å²) >= 11 is 7.39. The van der Waals surface area contributed by atoms with Crippen LogP contribution in [0.15, 0.2) is 403 Å². The first kappa shape index (κ1) is 83.4. The Bertz CT molecular complexity index is 8880. The maximum Gasteiger partial charge on any atom is 0.488 e. The minimum Gasteiger partial charge on any atom is -0.423 e. The minimum atomic E-state index is -1.48. The lowest BCUT2D eigenvalue weighted by Gasteiger charge is -2.35. The highest BCUT2D eigenvalue weighted by molar-refractivity contribution is 9.10. The Morgan fingerprint density at radius 2 is 0.575 bits per heavy atom. The molecule has 14 heteroatoms. The number of aromatic amines is 1. The molecule has 0 bridgehead atoms. The molecule has 0 aliphatic carbocycles. The zero-order valence-electron chi connectivity index (χ0n) is 75.3. The average molecular weight is 1870 g/mol. The third-order valence-corrected chi connectivity index (χ3v) is 29.9. The number of rotatable bonds is 4. The molecule has 0 unspecified atom stereocenters. The van der Waals surface area contributed by atoms with Crippen molar-refractivity contribution in [2.45, 2.75) is 77.0 Å². The molecule has 0 spiro atoms. The Hall–Kier alpha value is -14.9. The second kappa shape index (κ2) is 32.0. The highest BCUT2D eigenvalue weighted by Crippen LogP contribution is 2.54. The van der Waals surface area contributed by atoms with Crippen LogP contribution >= 0.6 is 31.9 Å². The molecule has 0 atom stereocenters. The predicted molar refractivity (Wildman–Crippen MR) is 566 cm³/mol. The van der Waals surface area contributed by atoms with Gasteiger partial charge in [-0.05, 0) is 187 Å². The number of aromatic nitrogens is 6. The van der Waals surface area contributed by atoms with E-state index in [0.717, 1.165) is 58.2 Å². The summed E-state index contributed by atoms with van der Waals surface area (Å²) in [4.78, 5) is 14.8. The summed E-state index contributed by atoms with van der Waals surface area (Å²) in [7, 11) is -1.48. The lowest BCUT2D eigenvalue weighted by atomic mass is 9.70. The number of hydrogen-bond acceptors (Lipinski definition) is 4. The number of benzene rings is 18. The Kier molecular flexibility index (Phi) is 19.9. The topological polar surface area (TPSA) is 124 Å². The van der Waals surface area contributed by atoms with E-state index < -0.39 is 7.12 Å². The third-order valence-electron chi connectivity index (χ3n) is 28.8. The number of nitrogens with one attached hydrogen (secondary N) is 1. The molecule has 4 aliphatic heterocycles. The van der Waals surface area contributed by atoms with Gasteiger partial charge in [0.1, 0.15) is 0 Å². The van der Waals surface area contributed by atoms with Gasteiger partial charge in [0.25, 0.3) is 5.69 Å². The Labute approximate surface area is 792 Å². The van der Waals surface area contributed by atoms with Crippen LogP contribution in [0.3, 0.4) is 0 Å². The molecule has 28 rings (SSSR count). The van der Waals surface area contributed by atoms with Crippen molar-refractivity contribution < 1.29 is 15.0 Å². The van der Waals surface area contributed by atoms with Crippen LogP contribution in [0.2, 0.25) is 0 Å². The zero-order valence-corrected chi connectivity index (χ0v) is 78.4. The normalized spacial score (nSPS) is 13.8. The fraction of sp³-hybridized carbons (Fsp3) is 0.100. The largest absolute Gasteiger partial charge is 0.488 e. The molecular weight excluding hydrogens is 1770 g/mol. The molecule has 0 radical (unpaired) electrons. The molecule has 648 valence electrons. The van der Waals surface area contributed by atoms with Crippen LogP contribution in [0, 0.1) is 10.1 Å². The second-order valence-electron chi connectivity index (χ2n) is 37.6. The van der Waals surface area contributed by atoms with Crippen molar-refractivity contribution in [2.24, 2.45) is 0 Å². The number of H-pyrrole nitrogens is 1. The Morgan fingerprint density at radius 1 is 0.276 bits per heavy atom. The van der Waals surface area contributed by atoms with Gasteiger partial charge in [-0.25, -0.2) is 0 Å². The molecule has 11 nitrogen and oxygen atoms in total. The van der Waals surface area contributed by atoms with Crippen molar-refractivity contribution in [1.82, 2.24) is 27.8 Å².